The van der Waals surface area contributed by atoms with E-state index in [0.717, 1.165) is 5.56 Å². The van der Waals surface area contributed by atoms with E-state index >= 15 is 0 Å². The molecule has 2 aromatic rings. The highest BCUT2D eigenvalue weighted by Gasteiger charge is 2.19. The first-order valence-electron chi connectivity index (χ1n) is 6.37. The van der Waals surface area contributed by atoms with Crippen molar-refractivity contribution in [2.24, 2.45) is 0 Å². The molecule has 3 nitrogen and oxygen atoms in total. The Labute approximate surface area is 118 Å². The van der Waals surface area contributed by atoms with Crippen LogP contribution < -0.4 is 4.74 Å². The lowest BCUT2D eigenvalue weighted by Gasteiger charge is -2.12. The molecule has 2 aromatic carbocycles. The number of nitriles is 1. The summed E-state index contributed by atoms with van der Waals surface area (Å²) in [6.07, 6.45) is 0.154. The predicted octanol–water partition coefficient (Wildman–Crippen LogP) is 3.58. The molecule has 2 rings (SSSR count). The highest BCUT2D eigenvalue weighted by Crippen LogP contribution is 2.29. The molecule has 20 heavy (non-hydrogen) atoms. The SMILES string of the molecule is COc1ccccc1[C@H](C#N)CC(=O)c1ccccc1. The number of para-hydroxylation sites is 1. The molecule has 0 saturated carbocycles. The zero-order valence-electron chi connectivity index (χ0n) is 11.2. The van der Waals surface area contributed by atoms with Crippen LogP contribution in [-0.2, 0) is 0 Å². The van der Waals surface area contributed by atoms with Gasteiger partial charge in [0, 0.05) is 17.5 Å². The number of carbonyl (C=O) groups excluding carboxylic acids is 1. The maximum absolute atomic E-state index is 12.2. The summed E-state index contributed by atoms with van der Waals surface area (Å²) in [6.45, 7) is 0. The van der Waals surface area contributed by atoms with E-state index in [9.17, 15) is 10.1 Å². The number of nitrogens with zero attached hydrogens (tertiary/aromatic N) is 1. The number of carbonyl (C=O) groups is 1. The van der Waals surface area contributed by atoms with Crippen LogP contribution in [0.1, 0.15) is 28.3 Å². The first-order valence-corrected chi connectivity index (χ1v) is 6.37. The van der Waals surface area contributed by atoms with Gasteiger partial charge in [0.2, 0.25) is 0 Å². The number of Topliss-reactive ketones (excluding diaryl/α,β-unsaturated/α-hetero) is 1. The average molecular weight is 265 g/mol. The number of benzene rings is 2. The van der Waals surface area contributed by atoms with Crippen molar-refractivity contribution in [3.8, 4) is 11.8 Å². The second-order valence-corrected chi connectivity index (χ2v) is 4.42. The van der Waals surface area contributed by atoms with Crippen molar-refractivity contribution in [3.05, 3.63) is 65.7 Å². The van der Waals surface area contributed by atoms with Gasteiger partial charge in [-0.1, -0.05) is 48.5 Å². The molecule has 0 N–H and O–H groups in total. The third-order valence-electron chi connectivity index (χ3n) is 3.16. The maximum Gasteiger partial charge on any atom is 0.164 e. The molecular formula is C17H15NO2. The van der Waals surface area contributed by atoms with Crippen LogP contribution in [0.3, 0.4) is 0 Å². The Morgan fingerprint density at radius 2 is 1.80 bits per heavy atom. The Hall–Kier alpha value is -2.60. The van der Waals surface area contributed by atoms with Gasteiger partial charge in [0.25, 0.3) is 0 Å². The number of hydrogen-bond donors (Lipinski definition) is 0. The molecule has 0 spiro atoms. The summed E-state index contributed by atoms with van der Waals surface area (Å²) in [6, 6.07) is 18.5. The van der Waals surface area contributed by atoms with Gasteiger partial charge < -0.3 is 4.74 Å². The van der Waals surface area contributed by atoms with Crippen molar-refractivity contribution in [1.29, 1.82) is 5.26 Å². The van der Waals surface area contributed by atoms with E-state index in [2.05, 4.69) is 6.07 Å². The third-order valence-corrected chi connectivity index (χ3v) is 3.16. The molecule has 0 aliphatic carbocycles. The Bertz CT molecular complexity index is 629. The van der Waals surface area contributed by atoms with Crippen LogP contribution in [-0.4, -0.2) is 12.9 Å². The van der Waals surface area contributed by atoms with Gasteiger partial charge >= 0.3 is 0 Å². The van der Waals surface area contributed by atoms with Crippen LogP contribution in [0.5, 0.6) is 5.75 Å². The highest BCUT2D eigenvalue weighted by atomic mass is 16.5. The molecule has 3 heteroatoms. The van der Waals surface area contributed by atoms with Crippen molar-refractivity contribution >= 4 is 5.78 Å². The molecule has 0 saturated heterocycles. The van der Waals surface area contributed by atoms with E-state index < -0.39 is 5.92 Å². The molecule has 0 bridgehead atoms. The van der Waals surface area contributed by atoms with Gasteiger partial charge in [-0.3, -0.25) is 4.79 Å². The molecular weight excluding hydrogens is 250 g/mol. The number of ketones is 1. The minimum absolute atomic E-state index is 0.0388. The van der Waals surface area contributed by atoms with Crippen LogP contribution in [0.15, 0.2) is 54.6 Å². The zero-order valence-corrected chi connectivity index (χ0v) is 11.2. The van der Waals surface area contributed by atoms with Gasteiger partial charge in [-0.25, -0.2) is 0 Å². The highest BCUT2D eigenvalue weighted by molar-refractivity contribution is 5.96. The lowest BCUT2D eigenvalue weighted by molar-refractivity contribution is 0.0979. The van der Waals surface area contributed by atoms with Gasteiger partial charge in [-0.05, 0) is 6.07 Å². The zero-order chi connectivity index (χ0) is 14.4. The quantitative estimate of drug-likeness (QED) is 0.776. The molecule has 1 atom stereocenters. The summed E-state index contributed by atoms with van der Waals surface area (Å²) in [5.74, 6) is 0.0989. The molecule has 0 heterocycles. The van der Waals surface area contributed by atoms with Crippen molar-refractivity contribution in [3.63, 3.8) is 0 Å². The monoisotopic (exact) mass is 265 g/mol. The minimum atomic E-state index is -0.501. The van der Waals surface area contributed by atoms with Gasteiger partial charge in [-0.2, -0.15) is 5.26 Å². The smallest absolute Gasteiger partial charge is 0.164 e. The summed E-state index contributed by atoms with van der Waals surface area (Å²) >= 11 is 0. The fourth-order valence-corrected chi connectivity index (χ4v) is 2.11. The van der Waals surface area contributed by atoms with Crippen molar-refractivity contribution < 1.29 is 9.53 Å². The molecule has 100 valence electrons. The minimum Gasteiger partial charge on any atom is -0.496 e. The fraction of sp³-hybridized carbons (Fsp3) is 0.176. The second-order valence-electron chi connectivity index (χ2n) is 4.42. The molecule has 0 aliphatic rings. The second kappa shape index (κ2) is 6.53. The Morgan fingerprint density at radius 1 is 1.15 bits per heavy atom. The lowest BCUT2D eigenvalue weighted by atomic mass is 9.92. The van der Waals surface area contributed by atoms with Gasteiger partial charge in [-0.15, -0.1) is 0 Å². The van der Waals surface area contributed by atoms with Crippen molar-refractivity contribution in [2.45, 2.75) is 12.3 Å². The largest absolute Gasteiger partial charge is 0.496 e. The van der Waals surface area contributed by atoms with Crippen molar-refractivity contribution in [2.75, 3.05) is 7.11 Å². The maximum atomic E-state index is 12.2. The van der Waals surface area contributed by atoms with Crippen LogP contribution in [0, 0.1) is 11.3 Å². The van der Waals surface area contributed by atoms with Gasteiger partial charge in [0.1, 0.15) is 5.75 Å². The third kappa shape index (κ3) is 3.04. The van der Waals surface area contributed by atoms with E-state index in [0.29, 0.717) is 11.3 Å². The van der Waals surface area contributed by atoms with Crippen LogP contribution >= 0.6 is 0 Å². The first kappa shape index (κ1) is 13.8. The Morgan fingerprint density at radius 3 is 2.45 bits per heavy atom. The van der Waals surface area contributed by atoms with E-state index in [1.54, 1.807) is 25.3 Å². The summed E-state index contributed by atoms with van der Waals surface area (Å²) in [7, 11) is 1.56. The first-order chi connectivity index (χ1) is 9.76. The van der Waals surface area contributed by atoms with E-state index in [4.69, 9.17) is 4.74 Å². The predicted molar refractivity (Wildman–Crippen MR) is 76.7 cm³/mol. The molecule has 0 aliphatic heterocycles. The lowest BCUT2D eigenvalue weighted by Crippen LogP contribution is -2.07. The summed E-state index contributed by atoms with van der Waals surface area (Å²) < 4.78 is 5.25. The van der Waals surface area contributed by atoms with Crippen LogP contribution in [0.4, 0.5) is 0 Å². The molecule has 0 fully saturated rings. The number of methoxy groups -OCH3 is 1. The van der Waals surface area contributed by atoms with Gasteiger partial charge in [0.15, 0.2) is 5.78 Å². The Balaban J connectivity index is 2.22. The Kier molecular flexibility index (Phi) is 4.52. The van der Waals surface area contributed by atoms with Crippen LogP contribution in [0.2, 0.25) is 0 Å². The number of ether oxygens (including phenoxy) is 1. The number of hydrogen-bond acceptors (Lipinski definition) is 3. The van der Waals surface area contributed by atoms with E-state index in [-0.39, 0.29) is 12.2 Å². The normalized spacial score (nSPS) is 11.4. The summed E-state index contributed by atoms with van der Waals surface area (Å²) in [4.78, 5) is 12.2. The average Bonchev–Trinajstić information content (AvgIpc) is 2.53. The van der Waals surface area contributed by atoms with E-state index in [1.807, 2.05) is 36.4 Å². The van der Waals surface area contributed by atoms with Crippen LogP contribution in [0.25, 0.3) is 0 Å². The summed E-state index contributed by atoms with van der Waals surface area (Å²) in [5.41, 5.74) is 1.38. The summed E-state index contributed by atoms with van der Waals surface area (Å²) in [5, 5.41) is 9.34. The molecule has 0 radical (unpaired) electrons. The van der Waals surface area contributed by atoms with Gasteiger partial charge in [0.05, 0.1) is 19.1 Å². The number of rotatable bonds is 5. The van der Waals surface area contributed by atoms with Crippen molar-refractivity contribution in [1.82, 2.24) is 0 Å². The molecule has 0 amide bonds. The topological polar surface area (TPSA) is 50.1 Å². The standard InChI is InChI=1S/C17H15NO2/c1-20-17-10-6-5-9-15(17)14(12-18)11-16(19)13-7-3-2-4-8-13/h2-10,14H,11H2,1H3/t14-/m0/s1. The molecule has 0 unspecified atom stereocenters. The molecule has 0 aromatic heterocycles. The fourth-order valence-electron chi connectivity index (χ4n) is 2.11. The van der Waals surface area contributed by atoms with E-state index in [1.165, 1.54) is 0 Å².